The average molecular weight is 234 g/mol. The molecule has 0 aliphatic heterocycles. The molecule has 0 amide bonds. The second-order valence-electron chi connectivity index (χ2n) is 4.12. The van der Waals surface area contributed by atoms with E-state index < -0.39 is 0 Å². The van der Waals surface area contributed by atoms with E-state index in [4.69, 9.17) is 17.0 Å². The van der Waals surface area contributed by atoms with E-state index in [0.29, 0.717) is 5.02 Å². The fourth-order valence-corrected chi connectivity index (χ4v) is 1.69. The molecule has 0 fully saturated rings. The third-order valence-corrected chi connectivity index (χ3v) is 2.26. The zero-order valence-electron chi connectivity index (χ0n) is 9.13. The van der Waals surface area contributed by atoms with E-state index in [0.717, 1.165) is 17.3 Å². The zero-order chi connectivity index (χ0) is 10.1. The summed E-state index contributed by atoms with van der Waals surface area (Å²) in [7, 11) is 0. The molecule has 0 saturated heterocycles. The monoisotopic (exact) mass is 233 g/mol. The molecule has 70 valence electrons. The molecule has 0 atom stereocenters. The Morgan fingerprint density at radius 1 is 1.29 bits per heavy atom. The Morgan fingerprint density at radius 3 is 2.21 bits per heavy atom. The molecule has 0 aliphatic carbocycles. The average Bonchev–Trinajstić information content (AvgIpc) is 2.01. The van der Waals surface area contributed by atoms with Crippen molar-refractivity contribution in [3.63, 3.8) is 0 Å². The van der Waals surface area contributed by atoms with Gasteiger partial charge < -0.3 is 5.41 Å². The minimum Gasteiger partial charge on any atom is -0.810 e. The summed E-state index contributed by atoms with van der Waals surface area (Å²) in [6.45, 7) is 6.32. The van der Waals surface area contributed by atoms with Crippen LogP contribution in [0.1, 0.15) is 31.9 Å². The van der Waals surface area contributed by atoms with Crippen molar-refractivity contribution in [2.24, 2.45) is 0 Å². The van der Waals surface area contributed by atoms with Crippen molar-refractivity contribution in [2.75, 3.05) is 0 Å². The zero-order valence-corrected chi connectivity index (χ0v) is 13.0. The van der Waals surface area contributed by atoms with Gasteiger partial charge in [0.15, 0.2) is 0 Å². The number of benzene rings is 1. The van der Waals surface area contributed by atoms with Crippen LogP contribution in [0, 0.1) is 0 Å². The van der Waals surface area contributed by atoms with E-state index in [9.17, 15) is 0 Å². The van der Waals surface area contributed by atoms with E-state index in [1.165, 1.54) is 0 Å². The smallest absolute Gasteiger partial charge is 0.810 e. The first-order chi connectivity index (χ1) is 5.95. The Labute approximate surface area is 133 Å². The molecule has 0 saturated carbocycles. The standard InChI is InChI=1S/C11H13ClN.K/c1-11(2,3)9-5-4-8(7-13)6-10(9)12;/h4-7H,1-3H3;/q-1;+1. The van der Waals surface area contributed by atoms with Crippen LogP contribution in [0.2, 0.25) is 5.02 Å². The predicted molar refractivity (Wildman–Crippen MR) is 58.7 cm³/mol. The third kappa shape index (κ3) is 3.76. The van der Waals surface area contributed by atoms with Gasteiger partial charge in [-0.25, -0.2) is 0 Å². The van der Waals surface area contributed by atoms with Crippen molar-refractivity contribution in [3.8, 4) is 0 Å². The summed E-state index contributed by atoms with van der Waals surface area (Å²) in [6, 6.07) is 5.57. The van der Waals surface area contributed by atoms with Gasteiger partial charge in [-0.1, -0.05) is 44.5 Å². The van der Waals surface area contributed by atoms with Gasteiger partial charge >= 0.3 is 51.4 Å². The van der Waals surface area contributed by atoms with E-state index in [1.54, 1.807) is 6.07 Å². The van der Waals surface area contributed by atoms with Crippen LogP contribution >= 0.6 is 11.6 Å². The van der Waals surface area contributed by atoms with Crippen LogP contribution in [0.15, 0.2) is 18.2 Å². The number of rotatable bonds is 1. The van der Waals surface area contributed by atoms with Gasteiger partial charge in [-0.15, -0.1) is 0 Å². The van der Waals surface area contributed by atoms with Crippen molar-refractivity contribution in [1.82, 2.24) is 0 Å². The van der Waals surface area contributed by atoms with Crippen molar-refractivity contribution in [1.29, 1.82) is 0 Å². The second kappa shape index (κ2) is 5.78. The molecule has 0 bridgehead atoms. The number of halogens is 1. The van der Waals surface area contributed by atoms with Gasteiger partial charge in [0.25, 0.3) is 0 Å². The van der Waals surface area contributed by atoms with Gasteiger partial charge in [-0.2, -0.15) is 6.21 Å². The second-order valence-corrected chi connectivity index (χ2v) is 4.53. The van der Waals surface area contributed by atoms with E-state index in [1.807, 2.05) is 12.1 Å². The normalized spacial score (nSPS) is 10.6. The van der Waals surface area contributed by atoms with Crippen molar-refractivity contribution < 1.29 is 51.4 Å². The predicted octanol–water partition coefficient (Wildman–Crippen LogP) is 0.630. The molecule has 1 aromatic carbocycles. The van der Waals surface area contributed by atoms with Crippen LogP contribution in [-0.4, -0.2) is 6.21 Å². The molecule has 0 heterocycles. The summed E-state index contributed by atoms with van der Waals surface area (Å²) in [5, 5.41) is 9.48. The maximum Gasteiger partial charge on any atom is 1.00 e. The Morgan fingerprint density at radius 2 is 1.86 bits per heavy atom. The molecule has 0 spiro atoms. The van der Waals surface area contributed by atoms with Crippen LogP contribution in [0.4, 0.5) is 0 Å². The maximum atomic E-state index is 8.77. The van der Waals surface area contributed by atoms with Gasteiger partial charge in [0.1, 0.15) is 0 Å². The molecule has 14 heavy (non-hydrogen) atoms. The molecule has 3 heteroatoms. The van der Waals surface area contributed by atoms with Gasteiger partial charge in [-0.3, -0.25) is 0 Å². The molecule has 1 rings (SSSR count). The molecular weight excluding hydrogens is 221 g/mol. The first-order valence-electron chi connectivity index (χ1n) is 4.22. The maximum absolute atomic E-state index is 8.77. The van der Waals surface area contributed by atoms with E-state index >= 15 is 0 Å². The summed E-state index contributed by atoms with van der Waals surface area (Å²) in [5.41, 5.74) is 1.88. The van der Waals surface area contributed by atoms with Gasteiger partial charge in [0, 0.05) is 5.02 Å². The van der Waals surface area contributed by atoms with Gasteiger partial charge in [0.05, 0.1) is 0 Å². The van der Waals surface area contributed by atoms with Crippen LogP contribution in [-0.2, 0) is 5.41 Å². The molecule has 0 unspecified atom stereocenters. The summed E-state index contributed by atoms with van der Waals surface area (Å²) >= 11 is 6.06. The largest absolute Gasteiger partial charge is 1.00 e. The van der Waals surface area contributed by atoms with E-state index in [-0.39, 0.29) is 56.8 Å². The molecule has 1 aromatic rings. The third-order valence-electron chi connectivity index (χ3n) is 1.95. The summed E-state index contributed by atoms with van der Waals surface area (Å²) < 4.78 is 0. The SMILES string of the molecule is CC(C)(C)c1ccc(C=[N-])cc1Cl.[K+]. The Balaban J connectivity index is 0.00000169. The van der Waals surface area contributed by atoms with Crippen LogP contribution in [0.25, 0.3) is 5.41 Å². The molecule has 0 N–H and O–H groups in total. The fraction of sp³-hybridized carbons (Fsp3) is 0.364. The summed E-state index contributed by atoms with van der Waals surface area (Å²) in [5.74, 6) is 0. The minimum atomic E-state index is 0. The van der Waals surface area contributed by atoms with Gasteiger partial charge in [-0.05, 0) is 22.6 Å². The first kappa shape index (κ1) is 14.8. The molecule has 1 nitrogen and oxygen atoms in total. The Hall–Kier alpha value is 0.816. The van der Waals surface area contributed by atoms with Crippen molar-refractivity contribution in [3.05, 3.63) is 39.8 Å². The molecular formula is C11H13ClKN. The Kier molecular flexibility index (Phi) is 6.12. The topological polar surface area (TPSA) is 22.3 Å². The van der Waals surface area contributed by atoms with Crippen LogP contribution in [0.3, 0.4) is 0 Å². The van der Waals surface area contributed by atoms with Crippen LogP contribution in [0.5, 0.6) is 0 Å². The first-order valence-corrected chi connectivity index (χ1v) is 4.60. The minimum absolute atomic E-state index is 0. The molecule has 0 radical (unpaired) electrons. The van der Waals surface area contributed by atoms with Crippen LogP contribution < -0.4 is 51.4 Å². The summed E-state index contributed by atoms with van der Waals surface area (Å²) in [4.78, 5) is 0. The fourth-order valence-electron chi connectivity index (χ4n) is 1.22. The summed E-state index contributed by atoms with van der Waals surface area (Å²) in [6.07, 6.45) is 1.05. The quantitative estimate of drug-likeness (QED) is 0.502. The molecule has 0 aliphatic rings. The number of hydrogen-bond donors (Lipinski definition) is 0. The van der Waals surface area contributed by atoms with E-state index in [2.05, 4.69) is 20.8 Å². The van der Waals surface area contributed by atoms with Gasteiger partial charge in [0.2, 0.25) is 0 Å². The Bertz CT molecular complexity index is 329. The van der Waals surface area contributed by atoms with Crippen molar-refractivity contribution >= 4 is 17.8 Å². The number of hydrogen-bond acceptors (Lipinski definition) is 0. The van der Waals surface area contributed by atoms with Crippen molar-refractivity contribution in [2.45, 2.75) is 26.2 Å². The molecule has 0 aromatic heterocycles. The number of nitrogens with zero attached hydrogens (tertiary/aromatic N) is 1.